The average molecular weight is 473 g/mol. The second-order valence-electron chi connectivity index (χ2n) is 7.79. The fraction of sp³-hybridized carbons (Fsp3) is 0.192. The molecule has 0 aliphatic carbocycles. The highest BCUT2D eigenvalue weighted by Crippen LogP contribution is 2.26. The molecule has 1 aliphatic rings. The van der Waals surface area contributed by atoms with E-state index in [1.54, 1.807) is 6.08 Å². The fourth-order valence-electron chi connectivity index (χ4n) is 3.85. The third kappa shape index (κ3) is 4.68. The van der Waals surface area contributed by atoms with Gasteiger partial charge in [0.2, 0.25) is 5.76 Å². The Kier molecular flexibility index (Phi) is 6.46. The van der Waals surface area contributed by atoms with E-state index in [0.717, 1.165) is 27.5 Å². The molecule has 1 aromatic carbocycles. The van der Waals surface area contributed by atoms with Gasteiger partial charge in [0, 0.05) is 17.1 Å². The molecule has 0 atom stereocenters. The van der Waals surface area contributed by atoms with Gasteiger partial charge in [-0.25, -0.2) is 9.59 Å². The van der Waals surface area contributed by atoms with Crippen LogP contribution >= 0.6 is 0 Å². The van der Waals surface area contributed by atoms with Crippen molar-refractivity contribution in [2.24, 2.45) is 0 Å². The molecule has 0 saturated carbocycles. The summed E-state index contributed by atoms with van der Waals surface area (Å²) in [6.45, 7) is 3.96. The number of terminal acetylenes is 1. The Hall–Kier alpha value is -4.71. The van der Waals surface area contributed by atoms with Crippen LogP contribution in [0.2, 0.25) is 0 Å². The number of furan rings is 1. The molecule has 178 valence electrons. The molecule has 0 spiro atoms. The number of nitrogens with one attached hydrogen (secondary N) is 1. The van der Waals surface area contributed by atoms with Crippen LogP contribution in [0.25, 0.3) is 11.8 Å². The minimum Gasteiger partial charge on any atom is -0.481 e. The summed E-state index contributed by atoms with van der Waals surface area (Å²) in [7, 11) is 1.24. The second-order valence-corrected chi connectivity index (χ2v) is 7.79. The number of esters is 1. The Morgan fingerprint density at radius 1 is 1.17 bits per heavy atom. The van der Waals surface area contributed by atoms with Crippen LogP contribution in [0.5, 0.6) is 5.75 Å². The molecule has 2 aromatic heterocycles. The number of carbonyl (C=O) groups is 3. The number of urea groups is 1. The molecule has 1 aliphatic heterocycles. The number of methoxy groups -OCH3 is 1. The quantitative estimate of drug-likeness (QED) is 0.244. The summed E-state index contributed by atoms with van der Waals surface area (Å²) >= 11 is 0. The maximum atomic E-state index is 12.9. The average Bonchev–Trinajstić information content (AvgIpc) is 3.51. The van der Waals surface area contributed by atoms with E-state index >= 15 is 0 Å². The highest BCUT2D eigenvalue weighted by Gasteiger charge is 2.34. The van der Waals surface area contributed by atoms with Crippen LogP contribution in [0, 0.1) is 26.2 Å². The maximum Gasteiger partial charge on any atom is 0.373 e. The molecule has 3 aromatic rings. The molecule has 0 radical (unpaired) electrons. The summed E-state index contributed by atoms with van der Waals surface area (Å²) in [4.78, 5) is 38.0. The van der Waals surface area contributed by atoms with Crippen molar-refractivity contribution in [1.29, 1.82) is 0 Å². The van der Waals surface area contributed by atoms with Crippen LogP contribution in [-0.4, -0.2) is 41.1 Å². The number of benzene rings is 1. The van der Waals surface area contributed by atoms with Gasteiger partial charge in [-0.3, -0.25) is 9.69 Å². The molecule has 3 heterocycles. The molecule has 35 heavy (non-hydrogen) atoms. The third-order valence-corrected chi connectivity index (χ3v) is 5.51. The summed E-state index contributed by atoms with van der Waals surface area (Å²) in [5.41, 5.74) is 3.69. The third-order valence-electron chi connectivity index (χ3n) is 5.51. The highest BCUT2D eigenvalue weighted by atomic mass is 16.5. The topological polar surface area (TPSA) is 103 Å². The normalized spacial score (nSPS) is 14.2. The zero-order valence-electron chi connectivity index (χ0n) is 19.5. The van der Waals surface area contributed by atoms with Crippen molar-refractivity contribution >= 4 is 24.0 Å². The van der Waals surface area contributed by atoms with Gasteiger partial charge in [0.15, 0.2) is 0 Å². The van der Waals surface area contributed by atoms with E-state index in [1.165, 1.54) is 19.2 Å². The molecule has 9 heteroatoms. The predicted octanol–water partition coefficient (Wildman–Crippen LogP) is 3.58. The SMILES string of the molecule is C#CCOc1ccc(-n2c(C)cc(C=C3NC(=O)N(Cc4ccc(C(=O)OC)o4)C3=O)c2C)cc1. The van der Waals surface area contributed by atoms with Crippen molar-refractivity contribution < 1.29 is 28.3 Å². The molecule has 9 nitrogen and oxygen atoms in total. The number of carbonyl (C=O) groups excluding carboxylic acids is 3. The van der Waals surface area contributed by atoms with E-state index in [1.807, 2.05) is 48.7 Å². The Morgan fingerprint density at radius 3 is 2.60 bits per heavy atom. The van der Waals surface area contributed by atoms with Gasteiger partial charge in [0.05, 0.1) is 13.7 Å². The molecule has 3 amide bonds. The van der Waals surface area contributed by atoms with Crippen molar-refractivity contribution in [3.8, 4) is 23.8 Å². The Labute approximate surface area is 201 Å². The van der Waals surface area contributed by atoms with Crippen molar-refractivity contribution in [1.82, 2.24) is 14.8 Å². The molecule has 0 unspecified atom stereocenters. The first-order valence-electron chi connectivity index (χ1n) is 10.7. The zero-order chi connectivity index (χ0) is 25.1. The lowest BCUT2D eigenvalue weighted by Gasteiger charge is -2.11. The van der Waals surface area contributed by atoms with Crippen LogP contribution in [-0.2, 0) is 16.1 Å². The Morgan fingerprint density at radius 2 is 1.91 bits per heavy atom. The van der Waals surface area contributed by atoms with E-state index in [0.29, 0.717) is 5.75 Å². The highest BCUT2D eigenvalue weighted by molar-refractivity contribution is 6.13. The van der Waals surface area contributed by atoms with Crippen LogP contribution in [0.4, 0.5) is 4.79 Å². The van der Waals surface area contributed by atoms with Crippen molar-refractivity contribution in [2.75, 3.05) is 13.7 Å². The number of hydrogen-bond acceptors (Lipinski definition) is 6. The number of imide groups is 1. The van der Waals surface area contributed by atoms with Crippen LogP contribution in [0.1, 0.15) is 33.3 Å². The van der Waals surface area contributed by atoms with E-state index in [2.05, 4.69) is 16.0 Å². The summed E-state index contributed by atoms with van der Waals surface area (Å²) in [5.74, 6) is 2.24. The first kappa shape index (κ1) is 23.4. The van der Waals surface area contributed by atoms with E-state index in [9.17, 15) is 14.4 Å². The van der Waals surface area contributed by atoms with Gasteiger partial charge in [0.1, 0.15) is 23.8 Å². The monoisotopic (exact) mass is 473 g/mol. The molecular formula is C26H23N3O6. The Balaban J connectivity index is 1.54. The number of amides is 3. The first-order valence-corrected chi connectivity index (χ1v) is 10.7. The molecule has 1 N–H and O–H groups in total. The van der Waals surface area contributed by atoms with Crippen molar-refractivity contribution in [3.05, 3.63) is 76.6 Å². The molecule has 4 rings (SSSR count). The fourth-order valence-corrected chi connectivity index (χ4v) is 3.85. The second kappa shape index (κ2) is 9.65. The lowest BCUT2D eigenvalue weighted by molar-refractivity contribution is -0.123. The van der Waals surface area contributed by atoms with Gasteiger partial charge in [0.25, 0.3) is 5.91 Å². The maximum absolute atomic E-state index is 12.9. The van der Waals surface area contributed by atoms with Crippen molar-refractivity contribution in [2.45, 2.75) is 20.4 Å². The standard InChI is InChI=1S/C26H23N3O6/c1-5-12-34-20-8-6-19(7-9-20)29-16(2)13-18(17(29)3)14-22-24(30)28(26(32)27-22)15-21-10-11-23(35-21)25(31)33-4/h1,6-11,13-14H,12,15H2,2-4H3,(H,27,32). The van der Waals surface area contributed by atoms with E-state index in [-0.39, 0.29) is 30.4 Å². The van der Waals surface area contributed by atoms with Crippen LogP contribution < -0.4 is 10.1 Å². The number of aryl methyl sites for hydroxylation is 1. The van der Waals surface area contributed by atoms with Crippen LogP contribution in [0.3, 0.4) is 0 Å². The van der Waals surface area contributed by atoms with E-state index in [4.69, 9.17) is 15.6 Å². The largest absolute Gasteiger partial charge is 0.481 e. The first-order chi connectivity index (χ1) is 16.8. The van der Waals surface area contributed by atoms with Gasteiger partial charge >= 0.3 is 12.0 Å². The molecule has 1 fully saturated rings. The number of nitrogens with zero attached hydrogens (tertiary/aromatic N) is 2. The Bertz CT molecular complexity index is 1370. The summed E-state index contributed by atoms with van der Waals surface area (Å²) in [6.07, 6.45) is 6.87. The summed E-state index contributed by atoms with van der Waals surface area (Å²) in [5, 5.41) is 2.61. The summed E-state index contributed by atoms with van der Waals surface area (Å²) in [6, 6.07) is 11.8. The van der Waals surface area contributed by atoms with Gasteiger partial charge in [-0.05, 0) is 68.0 Å². The minimum absolute atomic E-state index is 0.00611. The number of ether oxygens (including phenoxy) is 2. The molecule has 0 bridgehead atoms. The lowest BCUT2D eigenvalue weighted by Crippen LogP contribution is -2.30. The number of hydrogen-bond donors (Lipinski definition) is 1. The molecular weight excluding hydrogens is 450 g/mol. The zero-order valence-corrected chi connectivity index (χ0v) is 19.5. The number of aromatic nitrogens is 1. The minimum atomic E-state index is -0.640. The lowest BCUT2D eigenvalue weighted by atomic mass is 10.2. The van der Waals surface area contributed by atoms with Gasteiger partial charge in [-0.2, -0.15) is 0 Å². The van der Waals surface area contributed by atoms with Crippen LogP contribution in [0.15, 0.2) is 52.6 Å². The predicted molar refractivity (Wildman–Crippen MR) is 127 cm³/mol. The molecule has 1 saturated heterocycles. The number of rotatable bonds is 7. The van der Waals surface area contributed by atoms with Gasteiger partial charge < -0.3 is 23.8 Å². The van der Waals surface area contributed by atoms with Gasteiger partial charge in [-0.15, -0.1) is 6.42 Å². The van der Waals surface area contributed by atoms with E-state index < -0.39 is 17.9 Å². The van der Waals surface area contributed by atoms with Gasteiger partial charge in [-0.1, -0.05) is 5.92 Å². The van der Waals surface area contributed by atoms with Crippen molar-refractivity contribution in [3.63, 3.8) is 0 Å². The summed E-state index contributed by atoms with van der Waals surface area (Å²) < 4.78 is 17.4. The smallest absolute Gasteiger partial charge is 0.373 e.